The smallest absolute Gasteiger partial charge is 0.110 e. The van der Waals surface area contributed by atoms with Gasteiger partial charge in [0.2, 0.25) is 0 Å². The van der Waals surface area contributed by atoms with Crippen LogP contribution in [-0.2, 0) is 0 Å². The standard InChI is InChI=1S/C5H3NS.C4H4S/c6-4-5-2-1-3-7-5;1-2-4-5-3-1/h1-3H;1-4H. The molecule has 0 aromatic carbocycles. The van der Waals surface area contributed by atoms with Crippen molar-refractivity contribution in [2.45, 2.75) is 0 Å². The van der Waals surface area contributed by atoms with Gasteiger partial charge in [-0.05, 0) is 22.2 Å². The van der Waals surface area contributed by atoms with Gasteiger partial charge < -0.3 is 0 Å². The highest BCUT2D eigenvalue weighted by Crippen LogP contribution is 2.04. The van der Waals surface area contributed by atoms with E-state index in [1.54, 1.807) is 17.4 Å². The second kappa shape index (κ2) is 5.53. The first kappa shape index (κ1) is 8.98. The Morgan fingerprint density at radius 3 is 2.08 bits per heavy atom. The molecule has 0 aliphatic heterocycles. The van der Waals surface area contributed by atoms with Crippen molar-refractivity contribution in [3.63, 3.8) is 0 Å². The molecule has 0 saturated heterocycles. The summed E-state index contributed by atoms with van der Waals surface area (Å²) in [6, 6.07) is 9.72. The van der Waals surface area contributed by atoms with Crippen molar-refractivity contribution in [2.24, 2.45) is 0 Å². The molecule has 0 amide bonds. The van der Waals surface area contributed by atoms with Crippen LogP contribution in [0.2, 0.25) is 0 Å². The van der Waals surface area contributed by atoms with Gasteiger partial charge in [0.05, 0.1) is 0 Å². The van der Waals surface area contributed by atoms with Crippen LogP contribution >= 0.6 is 22.7 Å². The lowest BCUT2D eigenvalue weighted by molar-refractivity contribution is 1.52. The van der Waals surface area contributed by atoms with E-state index in [2.05, 4.69) is 0 Å². The molecule has 1 nitrogen and oxygen atoms in total. The molecule has 0 saturated carbocycles. The van der Waals surface area contributed by atoms with Gasteiger partial charge in [0.25, 0.3) is 0 Å². The molecule has 0 unspecified atom stereocenters. The molecule has 60 valence electrons. The second-order valence-corrected chi connectivity index (χ2v) is 3.65. The summed E-state index contributed by atoms with van der Waals surface area (Å²) in [5.41, 5.74) is 0. The maximum Gasteiger partial charge on any atom is 0.110 e. The fraction of sp³-hybridized carbons (Fsp3) is 0. The third-order valence-electron chi connectivity index (χ3n) is 1.06. The van der Waals surface area contributed by atoms with Crippen LogP contribution < -0.4 is 0 Å². The molecule has 0 N–H and O–H groups in total. The largest absolute Gasteiger partial charge is 0.192 e. The topological polar surface area (TPSA) is 23.8 Å². The normalized spacial score (nSPS) is 7.92. The molecule has 12 heavy (non-hydrogen) atoms. The summed E-state index contributed by atoms with van der Waals surface area (Å²) < 4.78 is 0. The summed E-state index contributed by atoms with van der Waals surface area (Å²) in [4.78, 5) is 0.778. The first-order chi connectivity index (χ1) is 5.93. The van der Waals surface area contributed by atoms with Gasteiger partial charge in [-0.25, -0.2) is 0 Å². The lowest BCUT2D eigenvalue weighted by atomic mass is 10.5. The van der Waals surface area contributed by atoms with Crippen molar-refractivity contribution in [2.75, 3.05) is 0 Å². The Balaban J connectivity index is 0.000000127. The molecule has 0 spiro atoms. The third kappa shape index (κ3) is 3.33. The fourth-order valence-corrected chi connectivity index (χ4v) is 1.54. The third-order valence-corrected chi connectivity index (χ3v) is 2.46. The van der Waals surface area contributed by atoms with E-state index in [1.165, 1.54) is 11.3 Å². The molecule has 2 rings (SSSR count). The molecule has 2 aromatic rings. The zero-order valence-electron chi connectivity index (χ0n) is 6.31. The zero-order valence-corrected chi connectivity index (χ0v) is 7.94. The zero-order chi connectivity index (χ0) is 8.65. The molecule has 2 heterocycles. The van der Waals surface area contributed by atoms with Gasteiger partial charge in [-0.1, -0.05) is 18.2 Å². The van der Waals surface area contributed by atoms with E-state index in [0.29, 0.717) is 0 Å². The molecule has 3 heteroatoms. The molecular formula is C9H7NS2. The Morgan fingerprint density at radius 2 is 1.83 bits per heavy atom. The highest BCUT2D eigenvalue weighted by molar-refractivity contribution is 7.10. The monoisotopic (exact) mass is 193 g/mol. The van der Waals surface area contributed by atoms with E-state index in [0.717, 1.165) is 4.88 Å². The Hall–Kier alpha value is -1.11. The Kier molecular flexibility index (Phi) is 4.14. The maximum atomic E-state index is 8.19. The number of hydrogen-bond acceptors (Lipinski definition) is 3. The van der Waals surface area contributed by atoms with Gasteiger partial charge in [-0.2, -0.15) is 16.6 Å². The lowest BCUT2D eigenvalue weighted by Gasteiger charge is -1.62. The van der Waals surface area contributed by atoms with Gasteiger partial charge in [-0.15, -0.1) is 11.3 Å². The molecule has 0 radical (unpaired) electrons. The van der Waals surface area contributed by atoms with E-state index in [-0.39, 0.29) is 0 Å². The van der Waals surface area contributed by atoms with Gasteiger partial charge in [0.1, 0.15) is 10.9 Å². The Labute approximate surface area is 79.5 Å². The van der Waals surface area contributed by atoms with Gasteiger partial charge in [0, 0.05) is 0 Å². The van der Waals surface area contributed by atoms with E-state index in [4.69, 9.17) is 5.26 Å². The maximum absolute atomic E-state index is 8.19. The quantitative estimate of drug-likeness (QED) is 0.629. The highest BCUT2D eigenvalue weighted by Gasteiger charge is 1.82. The minimum absolute atomic E-state index is 0.778. The number of nitrogens with zero attached hydrogens (tertiary/aromatic N) is 1. The summed E-state index contributed by atoms with van der Waals surface area (Å²) in [5, 5.41) is 14.2. The molecule has 0 fully saturated rings. The van der Waals surface area contributed by atoms with E-state index in [9.17, 15) is 0 Å². The average molecular weight is 193 g/mol. The molecule has 0 bridgehead atoms. The van der Waals surface area contributed by atoms with Crippen LogP contribution in [0.15, 0.2) is 40.4 Å². The first-order valence-electron chi connectivity index (χ1n) is 3.34. The van der Waals surface area contributed by atoms with Crippen molar-refractivity contribution in [3.8, 4) is 6.07 Å². The Morgan fingerprint density at radius 1 is 1.08 bits per heavy atom. The van der Waals surface area contributed by atoms with Crippen LogP contribution in [0.3, 0.4) is 0 Å². The van der Waals surface area contributed by atoms with Crippen molar-refractivity contribution in [3.05, 3.63) is 45.3 Å². The van der Waals surface area contributed by atoms with Crippen molar-refractivity contribution >= 4 is 22.7 Å². The van der Waals surface area contributed by atoms with Crippen LogP contribution in [0.5, 0.6) is 0 Å². The van der Waals surface area contributed by atoms with Gasteiger partial charge in [-0.3, -0.25) is 0 Å². The summed E-state index contributed by atoms with van der Waals surface area (Å²) in [6.07, 6.45) is 0. The first-order valence-corrected chi connectivity index (χ1v) is 5.16. The number of rotatable bonds is 0. The van der Waals surface area contributed by atoms with E-state index in [1.807, 2.05) is 40.4 Å². The van der Waals surface area contributed by atoms with E-state index < -0.39 is 0 Å². The summed E-state index contributed by atoms with van der Waals surface area (Å²) in [6.45, 7) is 0. The predicted octanol–water partition coefficient (Wildman–Crippen LogP) is 3.37. The summed E-state index contributed by atoms with van der Waals surface area (Å²) >= 11 is 3.17. The molecule has 0 atom stereocenters. The van der Waals surface area contributed by atoms with Crippen molar-refractivity contribution < 1.29 is 0 Å². The molecular weight excluding hydrogens is 186 g/mol. The summed E-state index contributed by atoms with van der Waals surface area (Å²) in [5.74, 6) is 0. The van der Waals surface area contributed by atoms with Crippen LogP contribution in [-0.4, -0.2) is 0 Å². The number of hydrogen-bond donors (Lipinski definition) is 0. The van der Waals surface area contributed by atoms with Crippen LogP contribution in [0.25, 0.3) is 0 Å². The number of thiophene rings is 2. The number of nitriles is 1. The van der Waals surface area contributed by atoms with Crippen LogP contribution in [0.1, 0.15) is 4.88 Å². The highest BCUT2D eigenvalue weighted by atomic mass is 32.1. The van der Waals surface area contributed by atoms with Gasteiger partial charge in [0.15, 0.2) is 0 Å². The summed E-state index contributed by atoms with van der Waals surface area (Å²) in [7, 11) is 0. The minimum atomic E-state index is 0.778. The van der Waals surface area contributed by atoms with Crippen LogP contribution in [0, 0.1) is 11.3 Å². The van der Waals surface area contributed by atoms with Gasteiger partial charge >= 0.3 is 0 Å². The fourth-order valence-electron chi connectivity index (χ4n) is 0.569. The average Bonchev–Trinajstić information content (AvgIpc) is 2.81. The predicted molar refractivity (Wildman–Crippen MR) is 53.4 cm³/mol. The van der Waals surface area contributed by atoms with Crippen LogP contribution in [0.4, 0.5) is 0 Å². The van der Waals surface area contributed by atoms with Crippen molar-refractivity contribution in [1.82, 2.24) is 0 Å². The Bertz CT molecular complexity index is 299. The SMILES string of the molecule is N#Cc1cccs1.c1ccsc1. The second-order valence-electron chi connectivity index (χ2n) is 1.88. The lowest BCUT2D eigenvalue weighted by Crippen LogP contribution is -1.50. The van der Waals surface area contributed by atoms with Crippen molar-refractivity contribution in [1.29, 1.82) is 5.26 Å². The molecule has 0 aliphatic rings. The molecule has 2 aromatic heterocycles. The van der Waals surface area contributed by atoms with E-state index >= 15 is 0 Å². The minimum Gasteiger partial charge on any atom is -0.192 e. The molecule has 0 aliphatic carbocycles.